The molecule has 2 atom stereocenters. The highest BCUT2D eigenvalue weighted by Crippen LogP contribution is 2.22. The highest BCUT2D eigenvalue weighted by atomic mass is 16.5. The van der Waals surface area contributed by atoms with Gasteiger partial charge in [-0.05, 0) is 49.8 Å². The maximum absolute atomic E-state index is 12.1. The van der Waals surface area contributed by atoms with Gasteiger partial charge in [-0.25, -0.2) is 0 Å². The largest absolute Gasteiger partial charge is 0.481 e. The van der Waals surface area contributed by atoms with Gasteiger partial charge in [0, 0.05) is 6.04 Å². The molecule has 2 rings (SSSR count). The number of ether oxygens (including phenoxy) is 1. The molecular weight excluding hydrogens is 262 g/mol. The summed E-state index contributed by atoms with van der Waals surface area (Å²) in [4.78, 5) is 12.1. The van der Waals surface area contributed by atoms with Crippen LogP contribution < -0.4 is 10.1 Å². The predicted octanol–water partition coefficient (Wildman–Crippen LogP) is 4.03. The first-order chi connectivity index (χ1) is 10.1. The van der Waals surface area contributed by atoms with Gasteiger partial charge in [-0.2, -0.15) is 0 Å². The summed E-state index contributed by atoms with van der Waals surface area (Å²) in [5.41, 5.74) is 1.31. The van der Waals surface area contributed by atoms with E-state index < -0.39 is 6.10 Å². The third-order valence-corrected chi connectivity index (χ3v) is 4.45. The molecule has 1 aromatic carbocycles. The van der Waals surface area contributed by atoms with Crippen molar-refractivity contribution < 1.29 is 9.53 Å². The van der Waals surface area contributed by atoms with Gasteiger partial charge in [-0.3, -0.25) is 4.79 Å². The lowest BCUT2D eigenvalue weighted by Gasteiger charge is -2.18. The molecule has 0 heterocycles. The van der Waals surface area contributed by atoms with Crippen molar-refractivity contribution in [3.63, 3.8) is 0 Å². The molecular formula is C18H27NO2. The summed E-state index contributed by atoms with van der Waals surface area (Å²) in [6, 6.07) is 8.44. The van der Waals surface area contributed by atoms with Gasteiger partial charge < -0.3 is 10.1 Å². The minimum atomic E-state index is -0.444. The van der Waals surface area contributed by atoms with Crippen LogP contribution in [0.4, 0.5) is 0 Å². The van der Waals surface area contributed by atoms with E-state index in [1.165, 1.54) is 18.4 Å². The molecule has 3 heteroatoms. The van der Waals surface area contributed by atoms with Gasteiger partial charge in [0.2, 0.25) is 0 Å². The smallest absolute Gasteiger partial charge is 0.260 e. The molecule has 3 nitrogen and oxygen atoms in total. The molecule has 1 fully saturated rings. The summed E-state index contributed by atoms with van der Waals surface area (Å²) >= 11 is 0. The Morgan fingerprint density at radius 1 is 1.24 bits per heavy atom. The highest BCUT2D eigenvalue weighted by molar-refractivity contribution is 5.81. The van der Waals surface area contributed by atoms with E-state index in [2.05, 4.69) is 31.3 Å². The first-order valence-corrected chi connectivity index (χ1v) is 8.17. The average Bonchev–Trinajstić information content (AvgIpc) is 3.00. The monoisotopic (exact) mass is 289 g/mol. The molecule has 0 spiro atoms. The van der Waals surface area contributed by atoms with Crippen molar-refractivity contribution in [1.82, 2.24) is 5.32 Å². The molecule has 0 aromatic heterocycles. The zero-order valence-corrected chi connectivity index (χ0v) is 13.4. The van der Waals surface area contributed by atoms with Crippen molar-refractivity contribution in [1.29, 1.82) is 0 Å². The number of carbonyl (C=O) groups excluding carboxylic acids is 1. The van der Waals surface area contributed by atoms with Crippen molar-refractivity contribution in [2.75, 3.05) is 0 Å². The zero-order valence-electron chi connectivity index (χ0n) is 13.4. The summed E-state index contributed by atoms with van der Waals surface area (Å²) in [6.07, 6.45) is 5.32. The number of rotatable bonds is 6. The van der Waals surface area contributed by atoms with Crippen LogP contribution in [0.1, 0.15) is 64.4 Å². The van der Waals surface area contributed by atoms with E-state index in [9.17, 15) is 4.79 Å². The Morgan fingerprint density at radius 3 is 2.43 bits per heavy atom. The van der Waals surface area contributed by atoms with Crippen LogP contribution in [0.15, 0.2) is 24.3 Å². The predicted molar refractivity (Wildman–Crippen MR) is 85.6 cm³/mol. The van der Waals surface area contributed by atoms with Crippen molar-refractivity contribution in [2.24, 2.45) is 0 Å². The number of hydrogen-bond donors (Lipinski definition) is 1. The van der Waals surface area contributed by atoms with E-state index in [4.69, 9.17) is 4.74 Å². The molecule has 1 amide bonds. The van der Waals surface area contributed by atoms with Crippen LogP contribution in [0.2, 0.25) is 0 Å². The van der Waals surface area contributed by atoms with Crippen LogP contribution in [-0.4, -0.2) is 18.1 Å². The van der Waals surface area contributed by atoms with Gasteiger partial charge in [-0.15, -0.1) is 0 Å². The first-order valence-electron chi connectivity index (χ1n) is 8.17. The molecule has 1 aromatic rings. The molecule has 0 aliphatic heterocycles. The van der Waals surface area contributed by atoms with E-state index in [1.54, 1.807) is 0 Å². The molecule has 0 radical (unpaired) electrons. The summed E-state index contributed by atoms with van der Waals surface area (Å²) in [5.74, 6) is 1.31. The van der Waals surface area contributed by atoms with E-state index in [0.717, 1.165) is 25.0 Å². The van der Waals surface area contributed by atoms with Crippen molar-refractivity contribution >= 4 is 5.91 Å². The number of hydrogen-bond acceptors (Lipinski definition) is 2. The Balaban J connectivity index is 1.86. The molecule has 1 saturated carbocycles. The van der Waals surface area contributed by atoms with Crippen LogP contribution in [0.5, 0.6) is 5.75 Å². The lowest BCUT2D eigenvalue weighted by molar-refractivity contribution is -0.127. The highest BCUT2D eigenvalue weighted by Gasteiger charge is 2.21. The molecule has 1 aliphatic rings. The number of benzene rings is 1. The fourth-order valence-electron chi connectivity index (χ4n) is 2.76. The van der Waals surface area contributed by atoms with Crippen LogP contribution in [0.25, 0.3) is 0 Å². The SMILES string of the molecule is CCC(C)c1ccc(OC(C)C(=O)NC2CCCC2)cc1. The van der Waals surface area contributed by atoms with E-state index in [-0.39, 0.29) is 5.91 Å². The Hall–Kier alpha value is -1.51. The number of carbonyl (C=O) groups is 1. The molecule has 1 aliphatic carbocycles. The molecule has 0 bridgehead atoms. The summed E-state index contributed by atoms with van der Waals surface area (Å²) in [6.45, 7) is 6.21. The zero-order chi connectivity index (χ0) is 15.2. The van der Waals surface area contributed by atoms with Crippen LogP contribution in [0, 0.1) is 0 Å². The third kappa shape index (κ3) is 4.48. The summed E-state index contributed by atoms with van der Waals surface area (Å²) < 4.78 is 5.74. The normalized spacial score (nSPS) is 18.2. The topological polar surface area (TPSA) is 38.3 Å². The molecule has 0 saturated heterocycles. The second kappa shape index (κ2) is 7.48. The van der Waals surface area contributed by atoms with E-state index in [1.807, 2.05) is 19.1 Å². The van der Waals surface area contributed by atoms with Crippen molar-refractivity contribution in [3.05, 3.63) is 29.8 Å². The van der Waals surface area contributed by atoms with Gasteiger partial charge in [0.05, 0.1) is 0 Å². The van der Waals surface area contributed by atoms with Gasteiger partial charge in [-0.1, -0.05) is 38.8 Å². The lowest BCUT2D eigenvalue weighted by Crippen LogP contribution is -2.41. The van der Waals surface area contributed by atoms with Gasteiger partial charge in [0.25, 0.3) is 5.91 Å². The van der Waals surface area contributed by atoms with Gasteiger partial charge in [0.1, 0.15) is 5.75 Å². The quantitative estimate of drug-likeness (QED) is 0.858. The van der Waals surface area contributed by atoms with E-state index in [0.29, 0.717) is 12.0 Å². The molecule has 1 N–H and O–H groups in total. The number of amides is 1. The van der Waals surface area contributed by atoms with Crippen LogP contribution in [-0.2, 0) is 4.79 Å². The number of nitrogens with one attached hydrogen (secondary N) is 1. The maximum atomic E-state index is 12.1. The Labute approximate surface area is 128 Å². The Morgan fingerprint density at radius 2 is 1.86 bits per heavy atom. The Bertz CT molecular complexity index is 449. The van der Waals surface area contributed by atoms with Crippen molar-refractivity contribution in [2.45, 2.75) is 70.9 Å². The van der Waals surface area contributed by atoms with E-state index >= 15 is 0 Å². The second-order valence-corrected chi connectivity index (χ2v) is 6.13. The minimum absolute atomic E-state index is 0.00657. The average molecular weight is 289 g/mol. The summed E-state index contributed by atoms with van der Waals surface area (Å²) in [7, 11) is 0. The fraction of sp³-hybridized carbons (Fsp3) is 0.611. The lowest BCUT2D eigenvalue weighted by atomic mass is 9.99. The van der Waals surface area contributed by atoms with Gasteiger partial charge >= 0.3 is 0 Å². The standard InChI is InChI=1S/C18H27NO2/c1-4-13(2)15-9-11-17(12-10-15)21-14(3)18(20)19-16-7-5-6-8-16/h9-14,16H,4-8H2,1-3H3,(H,19,20). The second-order valence-electron chi connectivity index (χ2n) is 6.13. The van der Waals surface area contributed by atoms with Gasteiger partial charge in [0.15, 0.2) is 6.10 Å². The van der Waals surface area contributed by atoms with Crippen LogP contribution >= 0.6 is 0 Å². The molecule has 2 unspecified atom stereocenters. The fourth-order valence-corrected chi connectivity index (χ4v) is 2.76. The third-order valence-electron chi connectivity index (χ3n) is 4.45. The first kappa shape index (κ1) is 15.9. The van der Waals surface area contributed by atoms with Crippen molar-refractivity contribution in [3.8, 4) is 5.75 Å². The maximum Gasteiger partial charge on any atom is 0.260 e. The summed E-state index contributed by atoms with van der Waals surface area (Å²) in [5, 5.41) is 3.07. The Kier molecular flexibility index (Phi) is 5.66. The minimum Gasteiger partial charge on any atom is -0.481 e. The molecule has 116 valence electrons. The molecule has 21 heavy (non-hydrogen) atoms. The van der Waals surface area contributed by atoms with Crippen LogP contribution in [0.3, 0.4) is 0 Å².